The van der Waals surface area contributed by atoms with Crippen molar-refractivity contribution in [3.8, 4) is 5.88 Å². The topological polar surface area (TPSA) is 133 Å². The summed E-state index contributed by atoms with van der Waals surface area (Å²) in [6.07, 6.45) is -1.66. The van der Waals surface area contributed by atoms with Crippen molar-refractivity contribution in [3.63, 3.8) is 0 Å². The molecule has 0 atom stereocenters. The molecule has 10 heteroatoms. The molecule has 0 radical (unpaired) electrons. The summed E-state index contributed by atoms with van der Waals surface area (Å²) in [5.74, 6) is -0.153. The monoisotopic (exact) mass is 472 g/mol. The molecule has 1 aromatic heterocycles. The van der Waals surface area contributed by atoms with Crippen LogP contribution in [-0.2, 0) is 16.0 Å². The van der Waals surface area contributed by atoms with Crippen molar-refractivity contribution in [2.24, 2.45) is 5.73 Å². The normalized spacial score (nSPS) is 11.4. The first-order valence-corrected chi connectivity index (χ1v) is 10.6. The number of carbonyl (C=O) groups excluding carboxylic acids is 3. The SMILES string of the molecule is COc1ccc(C(N)=O)c(Nc2cccc(CN(C(=O)OC(C)(C)C)C(=O)OC(C)(C)C)c2)n1. The number of benzene rings is 1. The lowest BCUT2D eigenvalue weighted by molar-refractivity contribution is -0.000267. The standard InChI is InChI=1S/C24H32N4O6/c1-23(2,3)33-21(30)28(22(31)34-24(4,5)6)14-15-9-8-10-16(13-15)26-20-17(19(25)29)11-12-18(27-20)32-7/h8-13H,14H2,1-7H3,(H2,25,29)(H,26,27). The number of carbonyl (C=O) groups is 3. The van der Waals surface area contributed by atoms with Crippen molar-refractivity contribution in [1.29, 1.82) is 0 Å². The van der Waals surface area contributed by atoms with Crippen LogP contribution in [0.3, 0.4) is 0 Å². The van der Waals surface area contributed by atoms with E-state index >= 15 is 0 Å². The minimum absolute atomic E-state index is 0.104. The molecule has 1 heterocycles. The van der Waals surface area contributed by atoms with Gasteiger partial charge in [0.2, 0.25) is 5.88 Å². The number of nitrogens with two attached hydrogens (primary N) is 1. The Morgan fingerprint density at radius 1 is 0.971 bits per heavy atom. The number of amides is 3. The second-order valence-corrected chi connectivity index (χ2v) is 9.49. The zero-order valence-corrected chi connectivity index (χ0v) is 20.6. The number of imide groups is 1. The molecule has 0 unspecified atom stereocenters. The van der Waals surface area contributed by atoms with Crippen molar-refractivity contribution in [1.82, 2.24) is 9.88 Å². The molecule has 0 aliphatic heterocycles. The zero-order valence-electron chi connectivity index (χ0n) is 20.6. The van der Waals surface area contributed by atoms with Crippen LogP contribution in [0.5, 0.6) is 5.88 Å². The lowest BCUT2D eigenvalue weighted by atomic mass is 10.1. The highest BCUT2D eigenvalue weighted by Crippen LogP contribution is 2.24. The van der Waals surface area contributed by atoms with Crippen LogP contribution < -0.4 is 15.8 Å². The van der Waals surface area contributed by atoms with Gasteiger partial charge in [-0.3, -0.25) is 4.79 Å². The van der Waals surface area contributed by atoms with Gasteiger partial charge in [0.1, 0.15) is 17.0 Å². The Balaban J connectivity index is 2.34. The van der Waals surface area contributed by atoms with Gasteiger partial charge in [-0.05, 0) is 65.3 Å². The van der Waals surface area contributed by atoms with E-state index in [1.54, 1.807) is 65.8 Å². The molecule has 0 spiro atoms. The molecule has 0 saturated carbocycles. The van der Waals surface area contributed by atoms with E-state index in [0.717, 1.165) is 4.90 Å². The maximum atomic E-state index is 12.8. The van der Waals surface area contributed by atoms with Crippen LogP contribution in [0.25, 0.3) is 0 Å². The number of anilines is 2. The summed E-state index contributed by atoms with van der Waals surface area (Å²) in [4.78, 5) is 42.5. The number of pyridine rings is 1. The first-order chi connectivity index (χ1) is 15.7. The molecular formula is C24H32N4O6. The average Bonchev–Trinajstić information content (AvgIpc) is 2.69. The number of nitrogens with one attached hydrogen (secondary N) is 1. The quantitative estimate of drug-likeness (QED) is 0.623. The van der Waals surface area contributed by atoms with Gasteiger partial charge in [-0.15, -0.1) is 0 Å². The predicted molar refractivity (Wildman–Crippen MR) is 127 cm³/mol. The van der Waals surface area contributed by atoms with Gasteiger partial charge in [0.15, 0.2) is 0 Å². The average molecular weight is 473 g/mol. The van der Waals surface area contributed by atoms with Gasteiger partial charge >= 0.3 is 12.2 Å². The lowest BCUT2D eigenvalue weighted by Crippen LogP contribution is -2.43. The molecule has 10 nitrogen and oxygen atoms in total. The van der Waals surface area contributed by atoms with Crippen molar-refractivity contribution in [2.75, 3.05) is 12.4 Å². The molecule has 0 bridgehead atoms. The summed E-state index contributed by atoms with van der Waals surface area (Å²) in [6.45, 7) is 10.1. The van der Waals surface area contributed by atoms with Gasteiger partial charge in [0, 0.05) is 11.8 Å². The first kappa shape index (κ1) is 26.4. The van der Waals surface area contributed by atoms with Gasteiger partial charge in [0.25, 0.3) is 5.91 Å². The van der Waals surface area contributed by atoms with E-state index in [0.29, 0.717) is 17.1 Å². The summed E-state index contributed by atoms with van der Waals surface area (Å²) in [6, 6.07) is 9.94. The molecule has 0 aliphatic rings. The van der Waals surface area contributed by atoms with E-state index in [4.69, 9.17) is 19.9 Å². The summed E-state index contributed by atoms with van der Waals surface area (Å²) in [5, 5.41) is 3.03. The van der Waals surface area contributed by atoms with E-state index in [1.807, 2.05) is 0 Å². The fourth-order valence-corrected chi connectivity index (χ4v) is 2.75. The van der Waals surface area contributed by atoms with E-state index in [2.05, 4.69) is 10.3 Å². The summed E-state index contributed by atoms with van der Waals surface area (Å²) >= 11 is 0. The summed E-state index contributed by atoms with van der Waals surface area (Å²) in [7, 11) is 1.46. The highest BCUT2D eigenvalue weighted by molar-refractivity contribution is 5.98. The number of methoxy groups -OCH3 is 1. The number of hydrogen-bond donors (Lipinski definition) is 2. The zero-order chi connectivity index (χ0) is 25.7. The van der Waals surface area contributed by atoms with Crippen LogP contribution in [0.4, 0.5) is 21.1 Å². The Kier molecular flexibility index (Phi) is 8.09. The van der Waals surface area contributed by atoms with E-state index in [1.165, 1.54) is 19.2 Å². The second-order valence-electron chi connectivity index (χ2n) is 9.49. The number of aromatic nitrogens is 1. The maximum Gasteiger partial charge on any atom is 0.420 e. The van der Waals surface area contributed by atoms with Gasteiger partial charge < -0.3 is 25.3 Å². The molecule has 3 amide bonds. The first-order valence-electron chi connectivity index (χ1n) is 10.6. The molecule has 0 saturated heterocycles. The Morgan fingerprint density at radius 3 is 2.06 bits per heavy atom. The molecule has 2 aromatic rings. The van der Waals surface area contributed by atoms with Gasteiger partial charge in [-0.1, -0.05) is 12.1 Å². The van der Waals surface area contributed by atoms with Crippen LogP contribution in [0.15, 0.2) is 36.4 Å². The van der Waals surface area contributed by atoms with Crippen LogP contribution >= 0.6 is 0 Å². The van der Waals surface area contributed by atoms with Crippen LogP contribution in [0, 0.1) is 0 Å². The number of primary amides is 1. The van der Waals surface area contributed by atoms with E-state index in [9.17, 15) is 14.4 Å². The van der Waals surface area contributed by atoms with Crippen molar-refractivity contribution in [3.05, 3.63) is 47.5 Å². The third-order valence-corrected chi connectivity index (χ3v) is 4.10. The van der Waals surface area contributed by atoms with E-state index < -0.39 is 29.3 Å². The fraction of sp³-hybridized carbons (Fsp3) is 0.417. The molecule has 184 valence electrons. The molecule has 2 rings (SSSR count). The third-order valence-electron chi connectivity index (χ3n) is 4.10. The molecule has 0 aliphatic carbocycles. The number of ether oxygens (including phenoxy) is 3. The second kappa shape index (κ2) is 10.4. The third kappa shape index (κ3) is 7.95. The lowest BCUT2D eigenvalue weighted by Gasteiger charge is -2.28. The number of hydrogen-bond acceptors (Lipinski definition) is 8. The summed E-state index contributed by atoms with van der Waals surface area (Å²) in [5.41, 5.74) is 5.18. The Hall–Kier alpha value is -3.82. The fourth-order valence-electron chi connectivity index (χ4n) is 2.75. The molecular weight excluding hydrogens is 440 g/mol. The highest BCUT2D eigenvalue weighted by atomic mass is 16.6. The van der Waals surface area contributed by atoms with Crippen molar-refractivity contribution < 1.29 is 28.6 Å². The Morgan fingerprint density at radius 2 is 1.56 bits per heavy atom. The van der Waals surface area contributed by atoms with Crippen LogP contribution in [0.1, 0.15) is 57.5 Å². The molecule has 3 N–H and O–H groups in total. The van der Waals surface area contributed by atoms with Crippen molar-refractivity contribution >= 4 is 29.6 Å². The van der Waals surface area contributed by atoms with E-state index in [-0.39, 0.29) is 17.9 Å². The van der Waals surface area contributed by atoms with Crippen LogP contribution in [-0.4, -0.2) is 46.3 Å². The van der Waals surface area contributed by atoms with Gasteiger partial charge in [0.05, 0.1) is 19.2 Å². The Bertz CT molecular complexity index is 1030. The predicted octanol–water partition coefficient (Wildman–Crippen LogP) is 4.60. The number of nitrogens with zero attached hydrogens (tertiary/aromatic N) is 2. The highest BCUT2D eigenvalue weighted by Gasteiger charge is 2.31. The molecule has 34 heavy (non-hydrogen) atoms. The van der Waals surface area contributed by atoms with Crippen molar-refractivity contribution in [2.45, 2.75) is 59.3 Å². The van der Waals surface area contributed by atoms with Gasteiger partial charge in [-0.25, -0.2) is 14.5 Å². The largest absolute Gasteiger partial charge is 0.481 e. The minimum Gasteiger partial charge on any atom is -0.481 e. The smallest absolute Gasteiger partial charge is 0.420 e. The Labute approximate surface area is 199 Å². The molecule has 0 fully saturated rings. The molecule has 1 aromatic carbocycles. The number of rotatable bonds is 6. The minimum atomic E-state index is -0.828. The summed E-state index contributed by atoms with van der Waals surface area (Å²) < 4.78 is 15.9. The maximum absolute atomic E-state index is 12.8. The van der Waals surface area contributed by atoms with Gasteiger partial charge in [-0.2, -0.15) is 4.98 Å². The van der Waals surface area contributed by atoms with Crippen LogP contribution in [0.2, 0.25) is 0 Å².